The van der Waals surface area contributed by atoms with Crippen molar-refractivity contribution in [2.45, 2.75) is 19.4 Å². The van der Waals surface area contributed by atoms with E-state index in [-0.39, 0.29) is 35.2 Å². The lowest BCUT2D eigenvalue weighted by molar-refractivity contribution is -0.142. The van der Waals surface area contributed by atoms with Crippen LogP contribution in [0.15, 0.2) is 42.5 Å². The van der Waals surface area contributed by atoms with Gasteiger partial charge in [-0.25, -0.2) is 13.6 Å². The van der Waals surface area contributed by atoms with Crippen molar-refractivity contribution >= 4 is 35.1 Å². The first kappa shape index (κ1) is 25.7. The smallest absolute Gasteiger partial charge is 0.328 e. The number of carbonyl (C=O) groups excluding carboxylic acids is 2. The molecule has 0 fully saturated rings. The van der Waals surface area contributed by atoms with Gasteiger partial charge in [-0.05, 0) is 36.8 Å². The summed E-state index contributed by atoms with van der Waals surface area (Å²) in [5.41, 5.74) is 1.61. The molecule has 1 N–H and O–H groups in total. The molecule has 0 saturated carbocycles. The Morgan fingerprint density at radius 3 is 2.36 bits per heavy atom. The molecule has 0 spiro atoms. The maximum atomic E-state index is 14.3. The van der Waals surface area contributed by atoms with Gasteiger partial charge < -0.3 is 19.5 Å². The topological polar surface area (TPSA) is 73.9 Å². The molecule has 6 nitrogen and oxygen atoms in total. The Kier molecular flexibility index (Phi) is 7.66. The van der Waals surface area contributed by atoms with Crippen LogP contribution in [-0.2, 0) is 16.0 Å². The number of esters is 1. The second-order valence-electron chi connectivity index (χ2n) is 8.06. The molecular formula is C26H21Cl2F2NO5. The van der Waals surface area contributed by atoms with Crippen molar-refractivity contribution in [3.8, 4) is 22.6 Å². The summed E-state index contributed by atoms with van der Waals surface area (Å²) in [5, 5.41) is 2.73. The Balaban J connectivity index is 1.71. The average molecular weight is 536 g/mol. The molecule has 0 radical (unpaired) electrons. The number of nitrogens with one attached hydrogen (secondary N) is 1. The molecule has 188 valence electrons. The minimum absolute atomic E-state index is 0.0389. The molecule has 3 aromatic rings. The third-order valence-electron chi connectivity index (χ3n) is 5.71. The van der Waals surface area contributed by atoms with Crippen LogP contribution in [0, 0.1) is 18.6 Å². The summed E-state index contributed by atoms with van der Waals surface area (Å²) in [5.74, 6) is -2.14. The number of amides is 1. The highest BCUT2D eigenvalue weighted by Crippen LogP contribution is 2.47. The Bertz CT molecular complexity index is 1300. The van der Waals surface area contributed by atoms with Crippen LogP contribution < -0.4 is 14.8 Å². The number of hydrogen-bond acceptors (Lipinski definition) is 5. The van der Waals surface area contributed by atoms with Gasteiger partial charge in [-0.3, -0.25) is 4.79 Å². The number of benzene rings is 3. The van der Waals surface area contributed by atoms with Gasteiger partial charge >= 0.3 is 5.97 Å². The van der Waals surface area contributed by atoms with Crippen LogP contribution >= 0.6 is 23.2 Å². The van der Waals surface area contributed by atoms with Gasteiger partial charge in [0.25, 0.3) is 5.91 Å². The average Bonchev–Trinajstić information content (AvgIpc) is 2.83. The molecule has 0 unspecified atom stereocenters. The van der Waals surface area contributed by atoms with Crippen LogP contribution in [0.5, 0.6) is 11.5 Å². The van der Waals surface area contributed by atoms with Gasteiger partial charge in [-0.2, -0.15) is 0 Å². The van der Waals surface area contributed by atoms with E-state index in [1.54, 1.807) is 25.1 Å². The van der Waals surface area contributed by atoms with Gasteiger partial charge in [0, 0.05) is 23.1 Å². The van der Waals surface area contributed by atoms with E-state index in [0.717, 1.165) is 12.1 Å². The second kappa shape index (κ2) is 10.7. The van der Waals surface area contributed by atoms with Crippen molar-refractivity contribution in [1.29, 1.82) is 0 Å². The summed E-state index contributed by atoms with van der Waals surface area (Å²) in [6, 6.07) is 8.70. The summed E-state index contributed by atoms with van der Waals surface area (Å²) < 4.78 is 44.6. The second-order valence-corrected chi connectivity index (χ2v) is 8.87. The van der Waals surface area contributed by atoms with E-state index in [0.29, 0.717) is 33.8 Å². The van der Waals surface area contributed by atoms with Crippen molar-refractivity contribution in [2.24, 2.45) is 0 Å². The van der Waals surface area contributed by atoms with Crippen LogP contribution in [0.4, 0.5) is 8.78 Å². The summed E-state index contributed by atoms with van der Waals surface area (Å²) in [6.07, 6.45) is -0.0389. The lowest BCUT2D eigenvalue weighted by atomic mass is 9.97. The predicted molar refractivity (Wildman–Crippen MR) is 131 cm³/mol. The number of methoxy groups -OCH3 is 1. The molecule has 1 heterocycles. The van der Waals surface area contributed by atoms with Crippen molar-refractivity contribution in [2.75, 3.05) is 20.3 Å². The van der Waals surface area contributed by atoms with Gasteiger partial charge in [0.2, 0.25) is 0 Å². The van der Waals surface area contributed by atoms with Gasteiger partial charge in [0.1, 0.15) is 30.9 Å². The highest BCUT2D eigenvalue weighted by Gasteiger charge is 2.29. The quantitative estimate of drug-likeness (QED) is 0.420. The maximum Gasteiger partial charge on any atom is 0.328 e. The fraction of sp³-hybridized carbons (Fsp3) is 0.231. The Hall–Kier alpha value is -3.36. The van der Waals surface area contributed by atoms with E-state index in [9.17, 15) is 18.4 Å². The van der Waals surface area contributed by atoms with E-state index in [2.05, 4.69) is 5.32 Å². The van der Waals surface area contributed by atoms with Gasteiger partial charge in [-0.1, -0.05) is 41.4 Å². The molecule has 1 atom stereocenters. The number of halogens is 4. The molecule has 0 aromatic heterocycles. The molecule has 0 saturated heterocycles. The van der Waals surface area contributed by atoms with Crippen molar-refractivity contribution in [1.82, 2.24) is 5.32 Å². The normalized spacial score (nSPS) is 13.2. The molecule has 4 rings (SSSR count). The largest absolute Gasteiger partial charge is 0.486 e. The molecule has 1 aliphatic rings. The lowest BCUT2D eigenvalue weighted by Gasteiger charge is -2.26. The molecule has 1 amide bonds. The molecule has 0 aliphatic carbocycles. The first-order valence-electron chi connectivity index (χ1n) is 10.9. The van der Waals surface area contributed by atoms with Crippen molar-refractivity contribution < 1.29 is 32.6 Å². The zero-order valence-electron chi connectivity index (χ0n) is 19.3. The van der Waals surface area contributed by atoms with Gasteiger partial charge in [0.15, 0.2) is 11.5 Å². The van der Waals surface area contributed by atoms with E-state index in [4.69, 9.17) is 37.4 Å². The summed E-state index contributed by atoms with van der Waals surface area (Å²) in [6.45, 7) is 2.07. The Morgan fingerprint density at radius 2 is 1.72 bits per heavy atom. The molecule has 1 aliphatic heterocycles. The monoisotopic (exact) mass is 535 g/mol. The Morgan fingerprint density at radius 1 is 1.06 bits per heavy atom. The molecule has 36 heavy (non-hydrogen) atoms. The summed E-state index contributed by atoms with van der Waals surface area (Å²) in [7, 11) is 1.19. The highest BCUT2D eigenvalue weighted by molar-refractivity contribution is 6.39. The first-order valence-corrected chi connectivity index (χ1v) is 11.7. The van der Waals surface area contributed by atoms with E-state index >= 15 is 0 Å². The van der Waals surface area contributed by atoms with Crippen LogP contribution in [0.1, 0.15) is 21.5 Å². The SMILES string of the molecule is COC(=O)[C@H](Cc1ccc(-c2c(Cl)cc(F)cc2Cl)c2c1OCCO2)NC(=O)c1c(C)cccc1F. The third kappa shape index (κ3) is 5.10. The maximum absolute atomic E-state index is 14.3. The fourth-order valence-electron chi connectivity index (χ4n) is 4.05. The van der Waals surface area contributed by atoms with E-state index in [1.165, 1.54) is 19.2 Å². The van der Waals surface area contributed by atoms with E-state index in [1.807, 2.05) is 0 Å². The minimum atomic E-state index is -1.15. The number of ether oxygens (including phenoxy) is 3. The molecule has 10 heteroatoms. The van der Waals surface area contributed by atoms with Crippen LogP contribution in [0.25, 0.3) is 11.1 Å². The number of hydrogen-bond donors (Lipinski definition) is 1. The van der Waals surface area contributed by atoms with Gasteiger partial charge in [0.05, 0.1) is 22.7 Å². The summed E-state index contributed by atoms with van der Waals surface area (Å²) >= 11 is 12.6. The fourth-order valence-corrected chi connectivity index (χ4v) is 4.72. The lowest BCUT2D eigenvalue weighted by Crippen LogP contribution is -2.43. The minimum Gasteiger partial charge on any atom is -0.486 e. The van der Waals surface area contributed by atoms with Crippen molar-refractivity contribution in [3.05, 3.63) is 80.8 Å². The molecular weight excluding hydrogens is 515 g/mol. The van der Waals surface area contributed by atoms with Gasteiger partial charge in [-0.15, -0.1) is 0 Å². The molecule has 0 bridgehead atoms. The highest BCUT2D eigenvalue weighted by atomic mass is 35.5. The van der Waals surface area contributed by atoms with E-state index < -0.39 is 29.6 Å². The number of rotatable bonds is 6. The number of carbonyl (C=O) groups is 2. The number of aryl methyl sites for hydroxylation is 1. The summed E-state index contributed by atoms with van der Waals surface area (Å²) in [4.78, 5) is 25.4. The zero-order valence-corrected chi connectivity index (χ0v) is 20.8. The Labute approximate surface area is 216 Å². The first-order chi connectivity index (χ1) is 17.2. The zero-order chi connectivity index (χ0) is 26.0. The molecule has 3 aromatic carbocycles. The van der Waals surface area contributed by atoms with Crippen LogP contribution in [-0.4, -0.2) is 38.2 Å². The van der Waals surface area contributed by atoms with Crippen LogP contribution in [0.2, 0.25) is 10.0 Å². The van der Waals surface area contributed by atoms with Crippen LogP contribution in [0.3, 0.4) is 0 Å². The predicted octanol–water partition coefficient (Wildman–Crippen LogP) is 5.53. The standard InChI is InChI=1S/C26H21Cl2F2NO5/c1-13-4-3-5-19(30)21(13)25(32)31-20(26(33)34-2)10-14-6-7-16(24-23(14)35-8-9-36-24)22-17(27)11-15(29)12-18(22)28/h3-7,11-12,20H,8-10H2,1-2H3,(H,31,32)/t20-/m0/s1. The third-order valence-corrected chi connectivity index (χ3v) is 6.31. The van der Waals surface area contributed by atoms with Crippen molar-refractivity contribution in [3.63, 3.8) is 0 Å². The number of fused-ring (bicyclic) bond motifs is 1.